The first kappa shape index (κ1) is 13.0. The van der Waals surface area contributed by atoms with E-state index in [0.29, 0.717) is 5.82 Å². The molecular weight excluding hydrogens is 292 g/mol. The molecule has 1 aromatic carbocycles. The SMILES string of the molecule is NNC(Cc1ccnc(N)c1)c1ccc(Br)cc1. The van der Waals surface area contributed by atoms with Crippen LogP contribution in [0, 0.1) is 0 Å². The summed E-state index contributed by atoms with van der Waals surface area (Å²) >= 11 is 3.42. The highest BCUT2D eigenvalue weighted by molar-refractivity contribution is 9.10. The smallest absolute Gasteiger partial charge is 0.123 e. The van der Waals surface area contributed by atoms with Crippen LogP contribution in [0.4, 0.5) is 5.82 Å². The number of pyridine rings is 1. The number of anilines is 1. The predicted octanol–water partition coefficient (Wildman–Crippen LogP) is 2.17. The Hall–Kier alpha value is -1.43. The Kier molecular flexibility index (Phi) is 4.30. The number of hydrazine groups is 1. The second-order valence-corrected chi connectivity index (χ2v) is 4.98. The fraction of sp³-hybridized carbons (Fsp3) is 0.154. The minimum atomic E-state index is 0.0555. The third kappa shape index (κ3) is 3.29. The molecule has 1 unspecified atom stereocenters. The molecule has 0 spiro atoms. The molecule has 5 N–H and O–H groups in total. The van der Waals surface area contributed by atoms with E-state index in [1.807, 2.05) is 36.4 Å². The van der Waals surface area contributed by atoms with E-state index < -0.39 is 0 Å². The van der Waals surface area contributed by atoms with Gasteiger partial charge in [0.25, 0.3) is 0 Å². The average molecular weight is 307 g/mol. The molecule has 0 aliphatic rings. The highest BCUT2D eigenvalue weighted by Crippen LogP contribution is 2.20. The van der Waals surface area contributed by atoms with Crippen LogP contribution < -0.4 is 17.0 Å². The van der Waals surface area contributed by atoms with Crippen molar-refractivity contribution in [1.29, 1.82) is 0 Å². The summed E-state index contributed by atoms with van der Waals surface area (Å²) in [6.07, 6.45) is 2.48. The maximum atomic E-state index is 5.67. The van der Waals surface area contributed by atoms with Crippen molar-refractivity contribution in [2.24, 2.45) is 5.84 Å². The molecule has 2 aromatic rings. The molecule has 0 aliphatic heterocycles. The number of nitrogen functional groups attached to an aromatic ring is 1. The molecule has 0 amide bonds. The molecule has 18 heavy (non-hydrogen) atoms. The number of nitrogens with two attached hydrogens (primary N) is 2. The van der Waals surface area contributed by atoms with Crippen LogP contribution in [-0.4, -0.2) is 4.98 Å². The quantitative estimate of drug-likeness (QED) is 0.597. The topological polar surface area (TPSA) is 77.0 Å². The van der Waals surface area contributed by atoms with E-state index in [2.05, 4.69) is 26.3 Å². The van der Waals surface area contributed by atoms with Crippen molar-refractivity contribution < 1.29 is 0 Å². The van der Waals surface area contributed by atoms with Crippen LogP contribution >= 0.6 is 15.9 Å². The molecule has 0 radical (unpaired) electrons. The second kappa shape index (κ2) is 5.95. The number of nitrogens with one attached hydrogen (secondary N) is 1. The van der Waals surface area contributed by atoms with Gasteiger partial charge in [0, 0.05) is 16.7 Å². The lowest BCUT2D eigenvalue weighted by Crippen LogP contribution is -2.29. The molecule has 0 bridgehead atoms. The number of aromatic nitrogens is 1. The minimum absolute atomic E-state index is 0.0555. The number of rotatable bonds is 4. The van der Waals surface area contributed by atoms with Crippen LogP contribution in [0.15, 0.2) is 47.1 Å². The lowest BCUT2D eigenvalue weighted by Gasteiger charge is -2.16. The lowest BCUT2D eigenvalue weighted by molar-refractivity contribution is 0.552. The van der Waals surface area contributed by atoms with Crippen molar-refractivity contribution in [2.75, 3.05) is 5.73 Å². The molecule has 2 rings (SSSR count). The van der Waals surface area contributed by atoms with Gasteiger partial charge < -0.3 is 5.73 Å². The maximum absolute atomic E-state index is 5.67. The van der Waals surface area contributed by atoms with Crippen molar-refractivity contribution in [3.63, 3.8) is 0 Å². The Morgan fingerprint density at radius 2 is 1.94 bits per heavy atom. The molecule has 0 saturated carbocycles. The fourth-order valence-electron chi connectivity index (χ4n) is 1.83. The average Bonchev–Trinajstić information content (AvgIpc) is 2.37. The van der Waals surface area contributed by atoms with E-state index >= 15 is 0 Å². The van der Waals surface area contributed by atoms with Gasteiger partial charge in [-0.05, 0) is 41.8 Å². The zero-order chi connectivity index (χ0) is 13.0. The van der Waals surface area contributed by atoms with Crippen molar-refractivity contribution >= 4 is 21.7 Å². The molecule has 5 heteroatoms. The Morgan fingerprint density at radius 3 is 2.56 bits per heavy atom. The van der Waals surface area contributed by atoms with Gasteiger partial charge in [-0.15, -0.1) is 0 Å². The normalized spacial score (nSPS) is 12.3. The van der Waals surface area contributed by atoms with E-state index in [0.717, 1.165) is 22.0 Å². The summed E-state index contributed by atoms with van der Waals surface area (Å²) in [6.45, 7) is 0. The van der Waals surface area contributed by atoms with Crippen molar-refractivity contribution in [3.8, 4) is 0 Å². The number of hydrogen-bond acceptors (Lipinski definition) is 4. The first-order valence-electron chi connectivity index (χ1n) is 5.61. The molecule has 1 aromatic heterocycles. The Bertz CT molecular complexity index is 513. The summed E-state index contributed by atoms with van der Waals surface area (Å²) in [5.41, 5.74) is 10.7. The van der Waals surface area contributed by atoms with Gasteiger partial charge in [0.1, 0.15) is 5.82 Å². The molecule has 0 aliphatic carbocycles. The fourth-order valence-corrected chi connectivity index (χ4v) is 2.09. The van der Waals surface area contributed by atoms with Crippen molar-refractivity contribution in [3.05, 3.63) is 58.2 Å². The summed E-state index contributed by atoms with van der Waals surface area (Å²) in [5, 5.41) is 0. The zero-order valence-corrected chi connectivity index (χ0v) is 11.4. The lowest BCUT2D eigenvalue weighted by atomic mass is 10.00. The maximum Gasteiger partial charge on any atom is 0.123 e. The van der Waals surface area contributed by atoms with Crippen molar-refractivity contribution in [2.45, 2.75) is 12.5 Å². The third-order valence-corrected chi connectivity index (χ3v) is 3.29. The molecule has 1 atom stereocenters. The van der Waals surface area contributed by atoms with E-state index in [1.54, 1.807) is 6.20 Å². The first-order chi connectivity index (χ1) is 8.69. The van der Waals surface area contributed by atoms with E-state index in [4.69, 9.17) is 11.6 Å². The van der Waals surface area contributed by atoms with Crippen LogP contribution in [0.2, 0.25) is 0 Å². The molecule has 1 heterocycles. The van der Waals surface area contributed by atoms with Crippen LogP contribution in [0.25, 0.3) is 0 Å². The van der Waals surface area contributed by atoms with Gasteiger partial charge in [-0.3, -0.25) is 11.3 Å². The minimum Gasteiger partial charge on any atom is -0.384 e. The zero-order valence-electron chi connectivity index (χ0n) is 9.81. The van der Waals surface area contributed by atoms with E-state index in [-0.39, 0.29) is 6.04 Å². The largest absolute Gasteiger partial charge is 0.384 e. The summed E-state index contributed by atoms with van der Waals surface area (Å²) in [4.78, 5) is 3.98. The molecular formula is C13H15BrN4. The first-order valence-corrected chi connectivity index (χ1v) is 6.40. The highest BCUT2D eigenvalue weighted by atomic mass is 79.9. The van der Waals surface area contributed by atoms with Crippen LogP contribution in [-0.2, 0) is 6.42 Å². The van der Waals surface area contributed by atoms with Gasteiger partial charge in [-0.25, -0.2) is 4.98 Å². The number of hydrogen-bond donors (Lipinski definition) is 3. The predicted molar refractivity (Wildman–Crippen MR) is 76.6 cm³/mol. The number of benzene rings is 1. The second-order valence-electron chi connectivity index (χ2n) is 4.06. The van der Waals surface area contributed by atoms with Gasteiger partial charge in [-0.1, -0.05) is 28.1 Å². The summed E-state index contributed by atoms with van der Waals surface area (Å²) in [7, 11) is 0. The third-order valence-electron chi connectivity index (χ3n) is 2.76. The molecule has 4 nitrogen and oxygen atoms in total. The molecule has 0 saturated heterocycles. The Balaban J connectivity index is 2.17. The summed E-state index contributed by atoms with van der Waals surface area (Å²) in [5.74, 6) is 6.15. The monoisotopic (exact) mass is 306 g/mol. The van der Waals surface area contributed by atoms with Gasteiger partial charge in [0.15, 0.2) is 0 Å². The van der Waals surface area contributed by atoms with Crippen LogP contribution in [0.1, 0.15) is 17.2 Å². The number of halogens is 1. The summed E-state index contributed by atoms with van der Waals surface area (Å²) in [6, 6.07) is 11.9. The standard InChI is InChI=1S/C13H15BrN4/c14-11-3-1-10(2-4-11)12(18-16)7-9-5-6-17-13(15)8-9/h1-6,8,12,18H,7,16H2,(H2,15,17). The van der Waals surface area contributed by atoms with Gasteiger partial charge in [0.2, 0.25) is 0 Å². The molecule has 0 fully saturated rings. The Morgan fingerprint density at radius 1 is 1.22 bits per heavy atom. The van der Waals surface area contributed by atoms with E-state index in [1.165, 1.54) is 0 Å². The van der Waals surface area contributed by atoms with Crippen molar-refractivity contribution in [1.82, 2.24) is 10.4 Å². The Labute approximate surface area is 115 Å². The highest BCUT2D eigenvalue weighted by Gasteiger charge is 2.10. The molecule has 94 valence electrons. The van der Waals surface area contributed by atoms with Gasteiger partial charge in [-0.2, -0.15) is 0 Å². The van der Waals surface area contributed by atoms with Crippen LogP contribution in [0.5, 0.6) is 0 Å². The van der Waals surface area contributed by atoms with Gasteiger partial charge in [0.05, 0.1) is 0 Å². The number of nitrogens with zero attached hydrogens (tertiary/aromatic N) is 1. The van der Waals surface area contributed by atoms with Crippen LogP contribution in [0.3, 0.4) is 0 Å². The van der Waals surface area contributed by atoms with E-state index in [9.17, 15) is 0 Å². The van der Waals surface area contributed by atoms with Gasteiger partial charge >= 0.3 is 0 Å². The summed E-state index contributed by atoms with van der Waals surface area (Å²) < 4.78 is 1.05.